The minimum absolute atomic E-state index is 0.0107. The van der Waals surface area contributed by atoms with Crippen molar-refractivity contribution in [2.24, 2.45) is 5.92 Å². The third-order valence-electron chi connectivity index (χ3n) is 3.59. The summed E-state index contributed by atoms with van der Waals surface area (Å²) in [7, 11) is 0. The van der Waals surface area contributed by atoms with E-state index >= 15 is 0 Å². The second-order valence-electron chi connectivity index (χ2n) is 5.19. The van der Waals surface area contributed by atoms with Crippen LogP contribution >= 0.6 is 11.6 Å². The summed E-state index contributed by atoms with van der Waals surface area (Å²) in [6.07, 6.45) is 3.15. The van der Waals surface area contributed by atoms with E-state index in [2.05, 4.69) is 10.3 Å². The Morgan fingerprint density at radius 1 is 1.33 bits per heavy atom. The highest BCUT2D eigenvalue weighted by atomic mass is 35.5. The molecule has 1 N–H and O–H groups in total. The number of halogens is 2. The Hall–Kier alpha value is -1.94. The van der Waals surface area contributed by atoms with Crippen LogP contribution in [0, 0.1) is 11.7 Å². The van der Waals surface area contributed by atoms with Gasteiger partial charge in [0.1, 0.15) is 11.0 Å². The molecule has 0 saturated heterocycles. The molecule has 2 aromatic rings. The van der Waals surface area contributed by atoms with E-state index in [9.17, 15) is 9.18 Å². The monoisotopic (exact) mass is 304 g/mol. The van der Waals surface area contributed by atoms with Gasteiger partial charge in [-0.25, -0.2) is 9.37 Å². The molecule has 1 aromatic carbocycles. The minimum atomic E-state index is -0.577. The maximum atomic E-state index is 13.2. The van der Waals surface area contributed by atoms with Gasteiger partial charge in [0.25, 0.3) is 5.91 Å². The highest BCUT2D eigenvalue weighted by Crippen LogP contribution is 2.41. The summed E-state index contributed by atoms with van der Waals surface area (Å²) in [4.78, 5) is 16.0. The topological polar surface area (TPSA) is 42.0 Å². The molecule has 0 spiro atoms. The number of hydrogen-bond donors (Lipinski definition) is 1. The average molecular weight is 305 g/mol. The normalized spacial score (nSPS) is 15.5. The smallest absolute Gasteiger partial charge is 0.255 e. The number of rotatable bonds is 4. The molecule has 0 radical (unpaired) electrons. The maximum Gasteiger partial charge on any atom is 0.255 e. The van der Waals surface area contributed by atoms with E-state index in [1.54, 1.807) is 0 Å². The van der Waals surface area contributed by atoms with Crippen molar-refractivity contribution < 1.29 is 9.18 Å². The number of pyridine rings is 1. The van der Waals surface area contributed by atoms with Crippen molar-refractivity contribution in [2.45, 2.75) is 18.9 Å². The third kappa shape index (κ3) is 3.22. The lowest BCUT2D eigenvalue weighted by Gasteiger charge is -2.19. The van der Waals surface area contributed by atoms with Gasteiger partial charge in [0.2, 0.25) is 0 Å². The van der Waals surface area contributed by atoms with Crippen molar-refractivity contribution in [1.82, 2.24) is 10.3 Å². The van der Waals surface area contributed by atoms with Gasteiger partial charge in [0.15, 0.2) is 0 Å². The second-order valence-corrected chi connectivity index (χ2v) is 5.55. The zero-order chi connectivity index (χ0) is 14.8. The first-order valence-electron chi connectivity index (χ1n) is 6.82. The molecule has 1 heterocycles. The van der Waals surface area contributed by atoms with Crippen molar-refractivity contribution in [3.8, 4) is 0 Å². The summed E-state index contributed by atoms with van der Waals surface area (Å²) in [5.74, 6) is -0.545. The van der Waals surface area contributed by atoms with Crippen molar-refractivity contribution >= 4 is 17.5 Å². The molecule has 1 fully saturated rings. The standard InChI is InChI=1S/C16H14ClFN2O/c17-15-13(8-12(18)9-19-15)16(21)20-14(11-6-7-11)10-4-2-1-3-5-10/h1-5,8-9,11,14H,6-7H2,(H,20,21). The van der Waals surface area contributed by atoms with E-state index in [0.717, 1.165) is 30.7 Å². The number of carbonyl (C=O) groups excluding carboxylic acids is 1. The van der Waals surface area contributed by atoms with Crippen LogP contribution in [0.3, 0.4) is 0 Å². The van der Waals surface area contributed by atoms with Crippen molar-refractivity contribution in [3.05, 3.63) is 64.7 Å². The van der Waals surface area contributed by atoms with Gasteiger partial charge in [-0.05, 0) is 30.4 Å². The molecule has 1 amide bonds. The number of hydrogen-bond acceptors (Lipinski definition) is 2. The Labute approximate surface area is 127 Å². The fraction of sp³-hybridized carbons (Fsp3) is 0.250. The quantitative estimate of drug-likeness (QED) is 0.874. The van der Waals surface area contributed by atoms with Gasteiger partial charge in [-0.15, -0.1) is 0 Å². The molecule has 1 aliphatic carbocycles. The van der Waals surface area contributed by atoms with Crippen LogP contribution in [0.5, 0.6) is 0 Å². The number of nitrogens with one attached hydrogen (secondary N) is 1. The van der Waals surface area contributed by atoms with Crippen molar-refractivity contribution in [2.75, 3.05) is 0 Å². The van der Waals surface area contributed by atoms with Crippen LogP contribution in [-0.4, -0.2) is 10.9 Å². The second kappa shape index (κ2) is 5.82. The highest BCUT2D eigenvalue weighted by molar-refractivity contribution is 6.32. The largest absolute Gasteiger partial charge is 0.345 e. The van der Waals surface area contributed by atoms with Crippen LogP contribution in [0.1, 0.15) is 34.8 Å². The van der Waals surface area contributed by atoms with Crippen LogP contribution in [0.4, 0.5) is 4.39 Å². The van der Waals surface area contributed by atoms with Gasteiger partial charge in [-0.2, -0.15) is 0 Å². The highest BCUT2D eigenvalue weighted by Gasteiger charge is 2.33. The van der Waals surface area contributed by atoms with Gasteiger partial charge < -0.3 is 5.32 Å². The molecule has 3 nitrogen and oxygen atoms in total. The molecule has 3 rings (SSSR count). The van der Waals surface area contributed by atoms with E-state index in [0.29, 0.717) is 5.92 Å². The Kier molecular flexibility index (Phi) is 3.88. The zero-order valence-electron chi connectivity index (χ0n) is 11.2. The molecule has 21 heavy (non-hydrogen) atoms. The predicted molar refractivity (Wildman–Crippen MR) is 78.6 cm³/mol. The Morgan fingerprint density at radius 3 is 2.71 bits per heavy atom. The molecule has 5 heteroatoms. The van der Waals surface area contributed by atoms with E-state index in [1.165, 1.54) is 0 Å². The first-order valence-corrected chi connectivity index (χ1v) is 7.20. The van der Waals surface area contributed by atoms with Crippen molar-refractivity contribution in [3.63, 3.8) is 0 Å². The summed E-state index contributed by atoms with van der Waals surface area (Å²) in [6, 6.07) is 10.8. The first-order chi connectivity index (χ1) is 10.1. The van der Waals surface area contributed by atoms with E-state index in [4.69, 9.17) is 11.6 Å². The lowest BCUT2D eigenvalue weighted by atomic mass is 10.0. The summed E-state index contributed by atoms with van der Waals surface area (Å²) < 4.78 is 13.2. The number of nitrogens with zero attached hydrogens (tertiary/aromatic N) is 1. The fourth-order valence-electron chi connectivity index (χ4n) is 2.36. The molecule has 0 aliphatic heterocycles. The number of carbonyl (C=O) groups is 1. The predicted octanol–water partition coefficient (Wildman–Crippen LogP) is 3.76. The van der Waals surface area contributed by atoms with Crippen LogP contribution in [0.2, 0.25) is 5.15 Å². The molecular formula is C16H14ClFN2O. The SMILES string of the molecule is O=C(NC(c1ccccc1)C1CC1)c1cc(F)cnc1Cl. The van der Waals surface area contributed by atoms with Gasteiger partial charge in [-0.1, -0.05) is 41.9 Å². The van der Waals surface area contributed by atoms with Gasteiger partial charge in [-0.3, -0.25) is 4.79 Å². The van der Waals surface area contributed by atoms with Gasteiger partial charge in [0.05, 0.1) is 17.8 Å². The lowest BCUT2D eigenvalue weighted by Crippen LogP contribution is -2.30. The number of aromatic nitrogens is 1. The Bertz CT molecular complexity index is 659. The number of amides is 1. The van der Waals surface area contributed by atoms with E-state index < -0.39 is 11.7 Å². The van der Waals surface area contributed by atoms with Crippen LogP contribution in [0.25, 0.3) is 0 Å². The van der Waals surface area contributed by atoms with E-state index in [-0.39, 0.29) is 16.8 Å². The minimum Gasteiger partial charge on any atom is -0.345 e. The maximum absolute atomic E-state index is 13.2. The van der Waals surface area contributed by atoms with Crippen LogP contribution in [0.15, 0.2) is 42.6 Å². The lowest BCUT2D eigenvalue weighted by molar-refractivity contribution is 0.0931. The summed E-state index contributed by atoms with van der Waals surface area (Å²) >= 11 is 5.88. The molecule has 0 bridgehead atoms. The summed E-state index contributed by atoms with van der Waals surface area (Å²) in [5.41, 5.74) is 1.12. The van der Waals surface area contributed by atoms with Crippen LogP contribution < -0.4 is 5.32 Å². The average Bonchev–Trinajstić information content (AvgIpc) is 3.32. The molecular weight excluding hydrogens is 291 g/mol. The Morgan fingerprint density at radius 2 is 2.05 bits per heavy atom. The first kappa shape index (κ1) is 14.0. The summed E-state index contributed by atoms with van der Waals surface area (Å²) in [6.45, 7) is 0. The number of benzene rings is 1. The Balaban J connectivity index is 1.83. The van der Waals surface area contributed by atoms with Gasteiger partial charge >= 0.3 is 0 Å². The van der Waals surface area contributed by atoms with Crippen molar-refractivity contribution in [1.29, 1.82) is 0 Å². The zero-order valence-corrected chi connectivity index (χ0v) is 12.0. The molecule has 1 aliphatic rings. The van der Waals surface area contributed by atoms with Gasteiger partial charge in [0, 0.05) is 0 Å². The molecule has 1 saturated carbocycles. The molecule has 1 unspecified atom stereocenters. The van der Waals surface area contributed by atoms with Crippen LogP contribution in [-0.2, 0) is 0 Å². The molecule has 1 aromatic heterocycles. The summed E-state index contributed by atoms with van der Waals surface area (Å²) in [5, 5.41) is 2.96. The van der Waals surface area contributed by atoms with E-state index in [1.807, 2.05) is 30.3 Å². The third-order valence-corrected chi connectivity index (χ3v) is 3.89. The molecule has 108 valence electrons. The molecule has 1 atom stereocenters. The fourth-order valence-corrected chi connectivity index (χ4v) is 2.55.